The molecule has 0 bridgehead atoms. The first-order valence-corrected chi connectivity index (χ1v) is 5.98. The van der Waals surface area contributed by atoms with Crippen LogP contribution in [0.5, 0.6) is 0 Å². The van der Waals surface area contributed by atoms with Gasteiger partial charge in [0.2, 0.25) is 0 Å². The number of hydrogen-bond donors (Lipinski definition) is 2. The summed E-state index contributed by atoms with van der Waals surface area (Å²) in [6.45, 7) is 0. The van der Waals surface area contributed by atoms with Gasteiger partial charge in [0.1, 0.15) is 5.82 Å². The number of thiol groups is 1. The minimum Gasteiger partial charge on any atom is -0.332 e. The molecule has 0 aliphatic rings. The molecule has 0 spiro atoms. The summed E-state index contributed by atoms with van der Waals surface area (Å²) < 4.78 is 16.3. The fourth-order valence-electron chi connectivity index (χ4n) is 1.56. The van der Waals surface area contributed by atoms with E-state index >= 15 is 0 Å². The van der Waals surface area contributed by atoms with Crippen LogP contribution in [0.3, 0.4) is 0 Å². The van der Waals surface area contributed by atoms with E-state index in [0.29, 0.717) is 26.9 Å². The highest BCUT2D eigenvalue weighted by Crippen LogP contribution is 2.38. The van der Waals surface area contributed by atoms with E-state index in [1.54, 1.807) is 30.3 Å². The van der Waals surface area contributed by atoms with Crippen molar-refractivity contribution >= 4 is 41.7 Å². The van der Waals surface area contributed by atoms with Crippen LogP contribution in [0.2, 0.25) is 10.0 Å². The van der Waals surface area contributed by atoms with Crippen molar-refractivity contribution in [2.75, 3.05) is 4.72 Å². The van der Waals surface area contributed by atoms with Gasteiger partial charge in [-0.25, -0.2) is 4.39 Å². The number of benzene rings is 2. The van der Waals surface area contributed by atoms with Gasteiger partial charge in [0, 0.05) is 16.8 Å². The molecule has 0 saturated heterocycles. The topological polar surface area (TPSA) is 12.0 Å². The second kappa shape index (κ2) is 5.17. The van der Waals surface area contributed by atoms with E-state index in [-0.39, 0.29) is 5.82 Å². The van der Waals surface area contributed by atoms with Crippen molar-refractivity contribution in [2.24, 2.45) is 0 Å². The molecule has 0 saturated carbocycles. The van der Waals surface area contributed by atoms with Crippen molar-refractivity contribution in [1.82, 2.24) is 0 Å². The summed E-state index contributed by atoms with van der Waals surface area (Å²) in [7, 11) is 0. The summed E-state index contributed by atoms with van der Waals surface area (Å²) >= 11 is 16.1. The molecule has 88 valence electrons. The fraction of sp³-hybridized carbons (Fsp3) is 0. The smallest absolute Gasteiger partial charge is 0.131 e. The Morgan fingerprint density at radius 3 is 2.18 bits per heavy atom. The normalized spacial score (nSPS) is 10.4. The van der Waals surface area contributed by atoms with E-state index in [2.05, 4.69) is 17.5 Å². The number of halogens is 3. The molecular formula is C12H8Cl2FNS. The second-order valence-corrected chi connectivity index (χ2v) is 4.44. The van der Waals surface area contributed by atoms with Crippen LogP contribution in [0, 0.1) is 5.82 Å². The van der Waals surface area contributed by atoms with Crippen LogP contribution >= 0.6 is 36.0 Å². The molecule has 0 fully saturated rings. The van der Waals surface area contributed by atoms with Crippen LogP contribution < -0.4 is 4.72 Å². The van der Waals surface area contributed by atoms with Gasteiger partial charge in [-0.2, -0.15) is 0 Å². The summed E-state index contributed by atoms with van der Waals surface area (Å²) in [6, 6.07) is 9.63. The number of hydrogen-bond acceptors (Lipinski definition) is 2. The third-order valence-corrected chi connectivity index (χ3v) is 3.17. The van der Waals surface area contributed by atoms with Crippen LogP contribution in [0.25, 0.3) is 11.1 Å². The Kier molecular flexibility index (Phi) is 3.82. The van der Waals surface area contributed by atoms with Gasteiger partial charge >= 0.3 is 0 Å². The van der Waals surface area contributed by atoms with Crippen LogP contribution in [-0.2, 0) is 0 Å². The molecule has 0 amide bonds. The van der Waals surface area contributed by atoms with E-state index < -0.39 is 0 Å². The molecule has 2 aromatic rings. The Morgan fingerprint density at radius 1 is 1.06 bits per heavy atom. The van der Waals surface area contributed by atoms with E-state index in [0.717, 1.165) is 0 Å². The highest BCUT2D eigenvalue weighted by molar-refractivity contribution is 7.81. The minimum absolute atomic E-state index is 0.358. The van der Waals surface area contributed by atoms with E-state index in [9.17, 15) is 4.39 Å². The van der Waals surface area contributed by atoms with E-state index in [1.807, 2.05) is 0 Å². The minimum atomic E-state index is -0.358. The summed E-state index contributed by atoms with van der Waals surface area (Å²) in [4.78, 5) is 0. The number of rotatable bonds is 2. The van der Waals surface area contributed by atoms with E-state index in [4.69, 9.17) is 23.2 Å². The first kappa shape index (κ1) is 12.6. The average molecular weight is 288 g/mol. The van der Waals surface area contributed by atoms with Crippen molar-refractivity contribution in [1.29, 1.82) is 0 Å². The Hall–Kier alpha value is -0.900. The lowest BCUT2D eigenvalue weighted by Crippen LogP contribution is -1.89. The van der Waals surface area contributed by atoms with Crippen molar-refractivity contribution in [3.63, 3.8) is 0 Å². The zero-order valence-electron chi connectivity index (χ0n) is 8.55. The molecule has 0 aromatic heterocycles. The largest absolute Gasteiger partial charge is 0.332 e. The predicted octanol–water partition coefficient (Wildman–Crippen LogP) is 5.06. The summed E-state index contributed by atoms with van der Waals surface area (Å²) in [6.07, 6.45) is 0. The molecule has 0 atom stereocenters. The van der Waals surface area contributed by atoms with Crippen LogP contribution in [-0.4, -0.2) is 0 Å². The number of anilines is 1. The highest BCUT2D eigenvalue weighted by atomic mass is 35.5. The molecule has 0 heterocycles. The maximum Gasteiger partial charge on any atom is 0.131 e. The maximum absolute atomic E-state index is 13.7. The zero-order chi connectivity index (χ0) is 12.4. The van der Waals surface area contributed by atoms with Gasteiger partial charge in [0.15, 0.2) is 0 Å². The van der Waals surface area contributed by atoms with Gasteiger partial charge in [-0.15, -0.1) is 0 Å². The average Bonchev–Trinajstić information content (AvgIpc) is 2.30. The van der Waals surface area contributed by atoms with Crippen molar-refractivity contribution < 1.29 is 4.39 Å². The molecule has 0 radical (unpaired) electrons. The molecule has 0 aliphatic heterocycles. The van der Waals surface area contributed by atoms with Gasteiger partial charge in [-0.05, 0) is 18.2 Å². The van der Waals surface area contributed by atoms with Gasteiger partial charge < -0.3 is 4.72 Å². The predicted molar refractivity (Wildman–Crippen MR) is 74.5 cm³/mol. The van der Waals surface area contributed by atoms with Crippen molar-refractivity contribution in [3.8, 4) is 11.1 Å². The lowest BCUT2D eigenvalue weighted by molar-refractivity contribution is 0.631. The second-order valence-electron chi connectivity index (χ2n) is 3.41. The third kappa shape index (κ3) is 2.51. The fourth-order valence-corrected chi connectivity index (χ4v) is 2.38. The molecule has 0 aliphatic carbocycles. The molecule has 17 heavy (non-hydrogen) atoms. The molecule has 1 N–H and O–H groups in total. The summed E-state index contributed by atoms with van der Waals surface area (Å²) in [5, 5.41) is 0.748. The quantitative estimate of drug-likeness (QED) is 0.736. The zero-order valence-corrected chi connectivity index (χ0v) is 11.0. The first-order valence-electron chi connectivity index (χ1n) is 4.77. The van der Waals surface area contributed by atoms with Crippen LogP contribution in [0.15, 0.2) is 36.4 Å². The molecular weight excluding hydrogens is 280 g/mol. The number of nitrogens with one attached hydrogen (secondary N) is 1. The Balaban J connectivity index is 2.64. The van der Waals surface area contributed by atoms with Gasteiger partial charge in [-0.3, -0.25) is 0 Å². The Morgan fingerprint density at radius 2 is 1.65 bits per heavy atom. The third-order valence-electron chi connectivity index (χ3n) is 2.31. The Bertz CT molecular complexity index is 537. The Labute approximate surface area is 114 Å². The van der Waals surface area contributed by atoms with Gasteiger partial charge in [-0.1, -0.05) is 54.2 Å². The molecule has 1 nitrogen and oxygen atoms in total. The lowest BCUT2D eigenvalue weighted by Gasteiger charge is -2.10. The maximum atomic E-state index is 13.7. The van der Waals surface area contributed by atoms with Gasteiger partial charge in [0.05, 0.1) is 10.0 Å². The van der Waals surface area contributed by atoms with Gasteiger partial charge in [0.25, 0.3) is 0 Å². The SMILES string of the molecule is Fc1ccccc1-c1c(Cl)cc(NS)cc1Cl. The lowest BCUT2D eigenvalue weighted by atomic mass is 10.0. The molecule has 5 heteroatoms. The van der Waals surface area contributed by atoms with Crippen LogP contribution in [0.1, 0.15) is 0 Å². The van der Waals surface area contributed by atoms with E-state index in [1.165, 1.54) is 6.07 Å². The monoisotopic (exact) mass is 287 g/mol. The summed E-state index contributed by atoms with van der Waals surface area (Å²) in [5.41, 5.74) is 1.52. The first-order chi connectivity index (χ1) is 8.13. The molecule has 2 rings (SSSR count). The summed E-state index contributed by atoms with van der Waals surface area (Å²) in [5.74, 6) is -0.358. The van der Waals surface area contributed by atoms with Crippen molar-refractivity contribution in [3.05, 3.63) is 52.3 Å². The standard InChI is InChI=1S/C12H8Cl2FNS/c13-9-5-7(16-17)6-10(14)12(9)8-3-1-2-4-11(8)15/h1-6,16-17H. The highest BCUT2D eigenvalue weighted by Gasteiger charge is 2.13. The van der Waals surface area contributed by atoms with Crippen molar-refractivity contribution in [2.45, 2.75) is 0 Å². The molecule has 2 aromatic carbocycles. The molecule has 0 unspecified atom stereocenters. The van der Waals surface area contributed by atoms with Crippen LogP contribution in [0.4, 0.5) is 10.1 Å².